The van der Waals surface area contributed by atoms with E-state index in [2.05, 4.69) is 136 Å². The van der Waals surface area contributed by atoms with E-state index in [-0.39, 0.29) is 6.17 Å². The Labute approximate surface area is 257 Å². The third-order valence-corrected chi connectivity index (χ3v) is 8.02. The molecule has 44 heavy (non-hydrogen) atoms. The van der Waals surface area contributed by atoms with Crippen molar-refractivity contribution >= 4 is 40.2 Å². The van der Waals surface area contributed by atoms with Gasteiger partial charge in [0.05, 0.1) is 39.8 Å². The van der Waals surface area contributed by atoms with Crippen LogP contribution in [0.3, 0.4) is 0 Å². The molecule has 6 nitrogen and oxygen atoms in total. The summed E-state index contributed by atoms with van der Waals surface area (Å²) in [6.07, 6.45) is 2.87. The predicted octanol–water partition coefficient (Wildman–Crippen LogP) is 8.84. The molecule has 0 saturated heterocycles. The van der Waals surface area contributed by atoms with Crippen LogP contribution in [-0.2, 0) is 6.42 Å². The predicted molar refractivity (Wildman–Crippen MR) is 180 cm³/mol. The van der Waals surface area contributed by atoms with Crippen molar-refractivity contribution in [2.24, 2.45) is 0 Å². The van der Waals surface area contributed by atoms with Crippen LogP contribution in [0.5, 0.6) is 0 Å². The number of nitrogens with zero attached hydrogens (tertiary/aromatic N) is 4. The Hall–Kier alpha value is -5.88. The van der Waals surface area contributed by atoms with Gasteiger partial charge in [0.1, 0.15) is 12.0 Å². The van der Waals surface area contributed by atoms with Gasteiger partial charge in [0.2, 0.25) is 0 Å². The van der Waals surface area contributed by atoms with Crippen LogP contribution in [0.4, 0.5) is 34.1 Å². The van der Waals surface area contributed by atoms with Crippen molar-refractivity contribution in [1.29, 1.82) is 0 Å². The molecular formula is C38H30N6. The lowest BCUT2D eigenvalue weighted by atomic mass is 10.1. The van der Waals surface area contributed by atoms with Crippen molar-refractivity contribution in [3.63, 3.8) is 0 Å². The molecule has 2 aromatic heterocycles. The van der Waals surface area contributed by atoms with E-state index in [1.807, 2.05) is 36.4 Å². The van der Waals surface area contributed by atoms with Crippen LogP contribution >= 0.6 is 0 Å². The zero-order chi connectivity index (χ0) is 29.3. The van der Waals surface area contributed by atoms with Gasteiger partial charge in [-0.3, -0.25) is 9.88 Å². The molecule has 1 unspecified atom stereocenters. The molecule has 6 heteroatoms. The van der Waals surface area contributed by atoms with Crippen LogP contribution in [0.1, 0.15) is 11.4 Å². The van der Waals surface area contributed by atoms with Crippen molar-refractivity contribution in [3.8, 4) is 11.4 Å². The number of para-hydroxylation sites is 6. The molecule has 0 fully saturated rings. The quantitative estimate of drug-likeness (QED) is 0.209. The highest BCUT2D eigenvalue weighted by molar-refractivity contribution is 5.90. The van der Waals surface area contributed by atoms with Crippen molar-refractivity contribution in [3.05, 3.63) is 163 Å². The second-order valence-corrected chi connectivity index (χ2v) is 10.9. The first-order valence-corrected chi connectivity index (χ1v) is 14.9. The Morgan fingerprint density at radius 2 is 1.20 bits per heavy atom. The van der Waals surface area contributed by atoms with Gasteiger partial charge in [-0.05, 0) is 72.8 Å². The molecule has 2 aliphatic rings. The third kappa shape index (κ3) is 4.82. The Bertz CT molecular complexity index is 1970. The molecule has 0 amide bonds. The number of rotatable bonds is 6. The molecule has 0 saturated carbocycles. The Morgan fingerprint density at radius 3 is 2.00 bits per heavy atom. The fraction of sp³-hybridized carbons (Fsp3) is 0.0526. The minimum Gasteiger partial charge on any atom is -0.363 e. The van der Waals surface area contributed by atoms with E-state index in [1.165, 1.54) is 5.69 Å². The maximum Gasteiger partial charge on any atom is 0.117 e. The normalized spacial score (nSPS) is 15.9. The summed E-state index contributed by atoms with van der Waals surface area (Å²) in [5.41, 5.74) is 10.3. The highest BCUT2D eigenvalue weighted by atomic mass is 15.3. The van der Waals surface area contributed by atoms with Gasteiger partial charge in [-0.15, -0.1) is 0 Å². The van der Waals surface area contributed by atoms with Crippen LogP contribution in [0.25, 0.3) is 17.5 Å². The molecule has 1 atom stereocenters. The minimum atomic E-state index is 0.0422. The van der Waals surface area contributed by atoms with Crippen molar-refractivity contribution in [2.45, 2.75) is 12.6 Å². The van der Waals surface area contributed by atoms with Gasteiger partial charge < -0.3 is 15.5 Å². The molecule has 212 valence electrons. The number of pyridine rings is 2. The topological polar surface area (TPSA) is 56.3 Å². The summed E-state index contributed by atoms with van der Waals surface area (Å²) < 4.78 is 0. The van der Waals surface area contributed by atoms with Gasteiger partial charge in [0.25, 0.3) is 0 Å². The summed E-state index contributed by atoms with van der Waals surface area (Å²) in [6, 6.07) is 50.0. The average Bonchev–Trinajstić information content (AvgIpc) is 3.63. The van der Waals surface area contributed by atoms with E-state index in [9.17, 15) is 0 Å². The molecule has 0 bridgehead atoms. The van der Waals surface area contributed by atoms with E-state index in [4.69, 9.17) is 9.97 Å². The van der Waals surface area contributed by atoms with Crippen molar-refractivity contribution in [1.82, 2.24) is 9.97 Å². The van der Waals surface area contributed by atoms with Crippen LogP contribution < -0.4 is 20.4 Å². The zero-order valence-corrected chi connectivity index (χ0v) is 24.0. The first-order valence-electron chi connectivity index (χ1n) is 14.9. The minimum absolute atomic E-state index is 0.0422. The molecule has 4 heterocycles. The number of anilines is 6. The second kappa shape index (κ2) is 11.1. The number of hydrogen-bond acceptors (Lipinski definition) is 6. The molecule has 0 aliphatic carbocycles. The molecule has 0 spiro atoms. The lowest BCUT2D eigenvalue weighted by Gasteiger charge is -2.27. The molecule has 2 N–H and O–H groups in total. The van der Waals surface area contributed by atoms with E-state index in [0.29, 0.717) is 0 Å². The Kier molecular flexibility index (Phi) is 6.50. The first-order chi connectivity index (χ1) is 21.8. The van der Waals surface area contributed by atoms with E-state index in [0.717, 1.165) is 63.5 Å². The smallest absolute Gasteiger partial charge is 0.117 e. The molecule has 0 radical (unpaired) electrons. The van der Waals surface area contributed by atoms with Crippen LogP contribution in [0, 0.1) is 0 Å². The third-order valence-electron chi connectivity index (χ3n) is 8.02. The summed E-state index contributed by atoms with van der Waals surface area (Å²) in [5, 5.41) is 7.30. The fourth-order valence-corrected chi connectivity index (χ4v) is 6.07. The lowest BCUT2D eigenvalue weighted by molar-refractivity contribution is 0.735. The highest BCUT2D eigenvalue weighted by Crippen LogP contribution is 2.42. The monoisotopic (exact) mass is 570 g/mol. The molecular weight excluding hydrogens is 540 g/mol. The van der Waals surface area contributed by atoms with E-state index in [1.54, 1.807) is 0 Å². The van der Waals surface area contributed by atoms with Gasteiger partial charge in [0, 0.05) is 29.6 Å². The van der Waals surface area contributed by atoms with Crippen LogP contribution in [0.15, 0.2) is 151 Å². The standard InChI is InChI=1S/C38H30N6/c1-3-15-29(16-4-1)43-35-23-9-7-19-33(35)41-37(43)25-27-13-11-21-31(39-27)32-22-12-14-28(40-32)26-38-42-34-20-8-10-24-36(34)44(38)30-17-5-2-6-18-30/h1-25,38,41-42H,26H2/b37-25+. The van der Waals surface area contributed by atoms with E-state index < -0.39 is 0 Å². The fourth-order valence-electron chi connectivity index (χ4n) is 6.07. The number of nitrogens with one attached hydrogen (secondary N) is 2. The van der Waals surface area contributed by atoms with Gasteiger partial charge in [-0.25, -0.2) is 4.98 Å². The highest BCUT2D eigenvalue weighted by Gasteiger charge is 2.30. The van der Waals surface area contributed by atoms with Crippen LogP contribution in [0.2, 0.25) is 0 Å². The van der Waals surface area contributed by atoms with Crippen molar-refractivity contribution < 1.29 is 0 Å². The molecule has 2 aliphatic heterocycles. The largest absolute Gasteiger partial charge is 0.363 e. The van der Waals surface area contributed by atoms with Gasteiger partial charge in [-0.2, -0.15) is 0 Å². The summed E-state index contributed by atoms with van der Waals surface area (Å²) in [7, 11) is 0. The summed E-state index contributed by atoms with van der Waals surface area (Å²) in [5.74, 6) is 0.955. The summed E-state index contributed by atoms with van der Waals surface area (Å²) in [6.45, 7) is 0. The maximum absolute atomic E-state index is 5.09. The van der Waals surface area contributed by atoms with Crippen molar-refractivity contribution in [2.75, 3.05) is 20.4 Å². The second-order valence-electron chi connectivity index (χ2n) is 10.9. The van der Waals surface area contributed by atoms with Gasteiger partial charge >= 0.3 is 0 Å². The number of hydrogen-bond donors (Lipinski definition) is 2. The Balaban J connectivity index is 1.09. The van der Waals surface area contributed by atoms with Gasteiger partial charge in [-0.1, -0.05) is 72.8 Å². The van der Waals surface area contributed by atoms with Gasteiger partial charge in [0.15, 0.2) is 0 Å². The lowest BCUT2D eigenvalue weighted by Crippen LogP contribution is -2.34. The summed E-state index contributed by atoms with van der Waals surface area (Å²) >= 11 is 0. The molecule has 8 rings (SSSR count). The summed E-state index contributed by atoms with van der Waals surface area (Å²) in [4.78, 5) is 14.7. The maximum atomic E-state index is 5.09. The number of benzene rings is 4. The van der Waals surface area contributed by atoms with Crippen LogP contribution in [-0.4, -0.2) is 16.1 Å². The molecule has 6 aromatic rings. The average molecular weight is 571 g/mol. The SMILES string of the molecule is C(=C1/Nc2ccccc2N1c1ccccc1)/c1cccc(-c2cccc(CC3Nc4ccccc4N3c3ccccc3)n2)n1. The number of aromatic nitrogens is 2. The Morgan fingerprint density at radius 1 is 0.568 bits per heavy atom. The first kappa shape index (κ1) is 25.8. The number of fused-ring (bicyclic) bond motifs is 2. The van der Waals surface area contributed by atoms with E-state index >= 15 is 0 Å². The zero-order valence-electron chi connectivity index (χ0n) is 24.0. The molecule has 4 aromatic carbocycles.